The summed E-state index contributed by atoms with van der Waals surface area (Å²) in [6.07, 6.45) is 6.90. The molecular weight excluding hydrogens is 407 g/mol. The molecule has 1 heterocycles. The average molecular weight is 440 g/mol. The van der Waals surface area contributed by atoms with E-state index in [9.17, 15) is 0 Å². The van der Waals surface area contributed by atoms with Crippen LogP contribution in [-0.4, -0.2) is 31.9 Å². The molecule has 1 aliphatic rings. The maximum atomic E-state index is 2.40. The number of likely N-dealkylation sites (N-methyl/N-ethyl adjacent to an activating group) is 1. The lowest BCUT2D eigenvalue weighted by molar-refractivity contribution is -0.458. The molecular formula is C21H33IN2. The normalized spacial score (nSPS) is 17.2. The topological polar surface area (TPSA) is 6.25 Å². The molecule has 0 aliphatic carbocycles. The van der Waals surface area contributed by atoms with Crippen LogP contribution in [0.5, 0.6) is 0 Å². The highest BCUT2D eigenvalue weighted by Crippen LogP contribution is 2.53. The van der Waals surface area contributed by atoms with Crippen molar-refractivity contribution in [2.45, 2.75) is 46.0 Å². The Bertz CT molecular complexity index is 600. The van der Waals surface area contributed by atoms with Crippen LogP contribution in [0.1, 0.15) is 46.1 Å². The standard InChI is InChI=1S/C21H33N2.HI/c1-16(2)14-21(15-17(3)4)18-10-8-9-11-19(18)23(7)20(21)12-13-22(5)6;/h8-13,16-17H,14-15H2,1-7H3;1H/q+1;/p-1. The molecule has 24 heavy (non-hydrogen) atoms. The SMILES string of the molecule is CC(C)CC1(CC(C)C)/C(=C/C=[N+](C)C)N(C)c2ccccc21.[I-]. The van der Waals surface area contributed by atoms with Gasteiger partial charge in [-0.15, -0.1) is 0 Å². The van der Waals surface area contributed by atoms with Gasteiger partial charge in [0.15, 0.2) is 6.21 Å². The second-order valence-corrected chi connectivity index (χ2v) is 8.02. The van der Waals surface area contributed by atoms with Crippen LogP contribution in [-0.2, 0) is 5.41 Å². The Hall–Kier alpha value is -0.840. The summed E-state index contributed by atoms with van der Waals surface area (Å²) in [6, 6.07) is 8.96. The van der Waals surface area contributed by atoms with Gasteiger partial charge >= 0.3 is 0 Å². The molecule has 134 valence electrons. The first kappa shape index (κ1) is 21.2. The molecule has 1 aliphatic heterocycles. The maximum Gasteiger partial charge on any atom is 0.164 e. The molecule has 0 spiro atoms. The van der Waals surface area contributed by atoms with Crippen LogP contribution in [0.3, 0.4) is 0 Å². The molecule has 2 nitrogen and oxygen atoms in total. The summed E-state index contributed by atoms with van der Waals surface area (Å²) in [5.41, 5.74) is 4.44. The number of fused-ring (bicyclic) bond motifs is 1. The number of nitrogens with zero attached hydrogens (tertiary/aromatic N) is 2. The second-order valence-electron chi connectivity index (χ2n) is 8.02. The molecule has 0 radical (unpaired) electrons. The highest BCUT2D eigenvalue weighted by atomic mass is 127. The Labute approximate surface area is 165 Å². The van der Waals surface area contributed by atoms with Crippen LogP contribution < -0.4 is 28.9 Å². The molecule has 0 N–H and O–H groups in total. The van der Waals surface area contributed by atoms with Gasteiger partial charge in [0, 0.05) is 29.9 Å². The lowest BCUT2D eigenvalue weighted by Crippen LogP contribution is -3.00. The van der Waals surface area contributed by atoms with Crippen LogP contribution in [0.4, 0.5) is 5.69 Å². The van der Waals surface area contributed by atoms with Crippen LogP contribution in [0, 0.1) is 11.8 Å². The van der Waals surface area contributed by atoms with E-state index >= 15 is 0 Å². The number of halogens is 1. The van der Waals surface area contributed by atoms with Crippen molar-refractivity contribution >= 4 is 11.9 Å². The predicted molar refractivity (Wildman–Crippen MR) is 102 cm³/mol. The molecule has 2 rings (SSSR count). The summed E-state index contributed by atoms with van der Waals surface area (Å²) < 4.78 is 2.12. The minimum atomic E-state index is 0. The zero-order chi connectivity index (χ0) is 17.2. The molecule has 0 saturated heterocycles. The summed E-state index contributed by atoms with van der Waals surface area (Å²) in [4.78, 5) is 2.40. The average Bonchev–Trinajstić information content (AvgIpc) is 2.65. The van der Waals surface area contributed by atoms with Gasteiger partial charge in [-0.3, -0.25) is 0 Å². The van der Waals surface area contributed by atoms with E-state index in [1.165, 1.54) is 29.8 Å². The minimum absolute atomic E-state index is 0. The summed E-state index contributed by atoms with van der Waals surface area (Å²) in [6.45, 7) is 9.37. The van der Waals surface area contributed by atoms with Gasteiger partial charge in [-0.2, -0.15) is 0 Å². The fourth-order valence-electron chi connectivity index (χ4n) is 4.16. The van der Waals surface area contributed by atoms with Crippen LogP contribution >= 0.6 is 0 Å². The van der Waals surface area contributed by atoms with E-state index in [0.29, 0.717) is 11.8 Å². The number of benzene rings is 1. The van der Waals surface area contributed by atoms with Gasteiger partial charge in [0.05, 0.1) is 0 Å². The largest absolute Gasteiger partial charge is 1.00 e. The molecule has 3 heteroatoms. The van der Waals surface area contributed by atoms with Crippen molar-refractivity contribution in [3.8, 4) is 0 Å². The second kappa shape index (κ2) is 8.50. The van der Waals surface area contributed by atoms with Gasteiger partial charge < -0.3 is 28.9 Å². The van der Waals surface area contributed by atoms with Gasteiger partial charge in [0.25, 0.3) is 0 Å². The van der Waals surface area contributed by atoms with Crippen molar-refractivity contribution in [1.82, 2.24) is 0 Å². The van der Waals surface area contributed by atoms with E-state index in [0.717, 1.165) is 0 Å². The number of hydrogen-bond acceptors (Lipinski definition) is 1. The quantitative estimate of drug-likeness (QED) is 0.384. The van der Waals surface area contributed by atoms with E-state index in [4.69, 9.17) is 0 Å². The third-order valence-electron chi connectivity index (χ3n) is 4.68. The van der Waals surface area contributed by atoms with Crippen LogP contribution in [0.25, 0.3) is 0 Å². The highest BCUT2D eigenvalue weighted by molar-refractivity contribution is 5.77. The zero-order valence-electron chi connectivity index (χ0n) is 16.3. The Morgan fingerprint density at radius 2 is 1.58 bits per heavy atom. The molecule has 1 aromatic rings. The molecule has 0 fully saturated rings. The van der Waals surface area contributed by atoms with E-state index in [2.05, 4.69) is 94.9 Å². The van der Waals surface area contributed by atoms with Gasteiger partial charge in [0.1, 0.15) is 14.1 Å². The summed E-state index contributed by atoms with van der Waals surface area (Å²) in [5.74, 6) is 1.33. The molecule has 0 bridgehead atoms. The van der Waals surface area contributed by atoms with Gasteiger partial charge in [0.2, 0.25) is 0 Å². The first-order valence-electron chi connectivity index (χ1n) is 8.83. The first-order chi connectivity index (χ1) is 10.8. The zero-order valence-corrected chi connectivity index (χ0v) is 18.5. The fraction of sp³-hybridized carbons (Fsp3) is 0.571. The van der Waals surface area contributed by atoms with E-state index in [1.807, 2.05) is 0 Å². The van der Waals surface area contributed by atoms with Crippen LogP contribution in [0.15, 0.2) is 36.0 Å². The van der Waals surface area contributed by atoms with Gasteiger partial charge in [-0.05, 0) is 36.3 Å². The Morgan fingerprint density at radius 1 is 1.04 bits per heavy atom. The van der Waals surface area contributed by atoms with Crippen molar-refractivity contribution in [2.75, 3.05) is 26.0 Å². The van der Waals surface area contributed by atoms with Crippen molar-refractivity contribution in [3.05, 3.63) is 41.6 Å². The number of para-hydroxylation sites is 1. The molecule has 0 unspecified atom stereocenters. The summed E-state index contributed by atoms with van der Waals surface area (Å²) in [5, 5.41) is 0. The van der Waals surface area contributed by atoms with Crippen molar-refractivity contribution in [2.24, 2.45) is 11.8 Å². The van der Waals surface area contributed by atoms with E-state index in [-0.39, 0.29) is 29.4 Å². The lowest BCUT2D eigenvalue weighted by atomic mass is 9.68. The molecule has 0 atom stereocenters. The van der Waals surface area contributed by atoms with Crippen molar-refractivity contribution in [1.29, 1.82) is 0 Å². The summed E-state index contributed by atoms with van der Waals surface area (Å²) in [7, 11) is 6.40. The van der Waals surface area contributed by atoms with Crippen LogP contribution in [0.2, 0.25) is 0 Å². The molecule has 0 saturated carbocycles. The number of hydrogen-bond donors (Lipinski definition) is 0. The van der Waals surface area contributed by atoms with Gasteiger partial charge in [-0.1, -0.05) is 45.9 Å². The fourth-order valence-corrected chi connectivity index (χ4v) is 4.16. The Kier molecular flexibility index (Phi) is 7.51. The monoisotopic (exact) mass is 440 g/mol. The predicted octanol–water partition coefficient (Wildman–Crippen LogP) is 1.70. The minimum Gasteiger partial charge on any atom is -1.00 e. The maximum absolute atomic E-state index is 2.40. The van der Waals surface area contributed by atoms with Crippen molar-refractivity contribution in [3.63, 3.8) is 0 Å². The molecule has 1 aromatic carbocycles. The number of anilines is 1. The van der Waals surface area contributed by atoms with Crippen molar-refractivity contribution < 1.29 is 28.6 Å². The number of rotatable bonds is 5. The Balaban J connectivity index is 0.00000288. The first-order valence-corrected chi connectivity index (χ1v) is 8.83. The summed E-state index contributed by atoms with van der Waals surface area (Å²) >= 11 is 0. The highest BCUT2D eigenvalue weighted by Gasteiger charge is 2.46. The Morgan fingerprint density at radius 3 is 2.08 bits per heavy atom. The lowest BCUT2D eigenvalue weighted by Gasteiger charge is -2.36. The smallest absolute Gasteiger partial charge is 0.164 e. The van der Waals surface area contributed by atoms with E-state index in [1.54, 1.807) is 0 Å². The van der Waals surface area contributed by atoms with Gasteiger partial charge in [-0.25, -0.2) is 4.58 Å². The molecule has 0 amide bonds. The number of allylic oxidation sites excluding steroid dienone is 2. The van der Waals surface area contributed by atoms with E-state index < -0.39 is 0 Å². The third-order valence-corrected chi connectivity index (χ3v) is 4.68. The molecule has 0 aromatic heterocycles. The third kappa shape index (κ3) is 4.22.